The maximum atomic E-state index is 12.8. The van der Waals surface area contributed by atoms with Gasteiger partial charge in [-0.1, -0.05) is 18.2 Å². The molecule has 4 nitrogen and oxygen atoms in total. The van der Waals surface area contributed by atoms with Crippen LogP contribution in [0.5, 0.6) is 0 Å². The first-order valence-electron chi connectivity index (χ1n) is 8.94. The minimum absolute atomic E-state index is 0.257. The molecule has 0 radical (unpaired) electrons. The number of nitrogens with one attached hydrogen (secondary N) is 1. The van der Waals surface area contributed by atoms with Crippen molar-refractivity contribution in [3.8, 4) is 0 Å². The van der Waals surface area contributed by atoms with Crippen molar-refractivity contribution >= 4 is 11.6 Å². The molecule has 1 aromatic rings. The molecule has 1 N–H and O–H groups in total. The summed E-state index contributed by atoms with van der Waals surface area (Å²) in [6.45, 7) is 6.03. The number of hydrogen-bond donors (Lipinski definition) is 1. The van der Waals surface area contributed by atoms with Crippen molar-refractivity contribution in [2.24, 2.45) is 5.92 Å². The number of para-hydroxylation sites is 1. The summed E-state index contributed by atoms with van der Waals surface area (Å²) in [4.78, 5) is 17.2. The smallest absolute Gasteiger partial charge is 0.223 e. The van der Waals surface area contributed by atoms with E-state index < -0.39 is 0 Å². The monoisotopic (exact) mass is 315 g/mol. The molecule has 1 fully saturated rings. The zero-order valence-electron chi connectivity index (χ0n) is 14.4. The van der Waals surface area contributed by atoms with Gasteiger partial charge in [0.25, 0.3) is 0 Å². The summed E-state index contributed by atoms with van der Waals surface area (Å²) >= 11 is 0. The largest absolute Gasteiger partial charge is 0.372 e. The number of benzene rings is 1. The lowest BCUT2D eigenvalue weighted by atomic mass is 9.93. The topological polar surface area (TPSA) is 35.6 Å². The van der Waals surface area contributed by atoms with Crippen LogP contribution in [0.1, 0.15) is 38.2 Å². The highest BCUT2D eigenvalue weighted by atomic mass is 16.2. The highest BCUT2D eigenvalue weighted by Crippen LogP contribution is 2.27. The molecule has 126 valence electrons. The first kappa shape index (κ1) is 16.3. The zero-order chi connectivity index (χ0) is 16.2. The van der Waals surface area contributed by atoms with Crippen molar-refractivity contribution in [1.82, 2.24) is 10.2 Å². The fraction of sp³-hybridized carbons (Fsp3) is 0.632. The van der Waals surface area contributed by atoms with Gasteiger partial charge in [0, 0.05) is 38.3 Å². The Kier molecular flexibility index (Phi) is 5.21. The van der Waals surface area contributed by atoms with Gasteiger partial charge < -0.3 is 15.1 Å². The van der Waals surface area contributed by atoms with Gasteiger partial charge in [-0.15, -0.1) is 0 Å². The van der Waals surface area contributed by atoms with Gasteiger partial charge in [0.15, 0.2) is 0 Å². The zero-order valence-corrected chi connectivity index (χ0v) is 14.4. The number of amides is 1. The van der Waals surface area contributed by atoms with Crippen molar-refractivity contribution in [1.29, 1.82) is 0 Å². The van der Waals surface area contributed by atoms with Crippen molar-refractivity contribution in [3.63, 3.8) is 0 Å². The summed E-state index contributed by atoms with van der Waals surface area (Å²) in [6.07, 6.45) is 4.17. The molecule has 1 amide bonds. The number of hydrogen-bond acceptors (Lipinski definition) is 3. The summed E-state index contributed by atoms with van der Waals surface area (Å²) in [5.41, 5.74) is 2.52. The van der Waals surface area contributed by atoms with E-state index in [2.05, 4.69) is 53.4 Å². The number of nitrogens with zero attached hydrogens (tertiary/aromatic N) is 2. The molecular weight excluding hydrogens is 286 g/mol. The van der Waals surface area contributed by atoms with Gasteiger partial charge in [0.1, 0.15) is 0 Å². The predicted molar refractivity (Wildman–Crippen MR) is 94.6 cm³/mol. The van der Waals surface area contributed by atoms with Gasteiger partial charge in [-0.3, -0.25) is 4.79 Å². The molecule has 2 aliphatic heterocycles. The molecule has 0 bridgehead atoms. The molecule has 0 spiro atoms. The lowest BCUT2D eigenvalue weighted by molar-refractivity contribution is -0.134. The van der Waals surface area contributed by atoms with E-state index in [1.807, 2.05) is 0 Å². The third kappa shape index (κ3) is 3.86. The molecular formula is C19H29N3O. The minimum Gasteiger partial charge on any atom is -0.372 e. The van der Waals surface area contributed by atoms with Crippen LogP contribution in [-0.2, 0) is 11.3 Å². The van der Waals surface area contributed by atoms with E-state index in [0.29, 0.717) is 12.3 Å². The fourth-order valence-corrected chi connectivity index (χ4v) is 3.93. The summed E-state index contributed by atoms with van der Waals surface area (Å²) < 4.78 is 0. The number of rotatable bonds is 3. The van der Waals surface area contributed by atoms with E-state index in [1.54, 1.807) is 0 Å². The van der Waals surface area contributed by atoms with Gasteiger partial charge in [0.05, 0.1) is 0 Å². The fourth-order valence-electron chi connectivity index (χ4n) is 3.93. The van der Waals surface area contributed by atoms with Crippen LogP contribution in [0, 0.1) is 5.92 Å². The maximum Gasteiger partial charge on any atom is 0.223 e. The van der Waals surface area contributed by atoms with Crippen molar-refractivity contribution in [2.75, 3.05) is 31.6 Å². The molecule has 1 aromatic carbocycles. The Morgan fingerprint density at radius 2 is 2.00 bits per heavy atom. The molecule has 0 aromatic heterocycles. The maximum absolute atomic E-state index is 12.8. The molecule has 1 atom stereocenters. The van der Waals surface area contributed by atoms with E-state index in [0.717, 1.165) is 38.5 Å². The Morgan fingerprint density at radius 1 is 1.26 bits per heavy atom. The van der Waals surface area contributed by atoms with Crippen molar-refractivity contribution in [3.05, 3.63) is 29.8 Å². The van der Waals surface area contributed by atoms with Crippen LogP contribution in [0.4, 0.5) is 5.69 Å². The summed E-state index contributed by atoms with van der Waals surface area (Å²) in [7, 11) is 2.12. The van der Waals surface area contributed by atoms with E-state index in [1.165, 1.54) is 24.1 Å². The third-order valence-electron chi connectivity index (χ3n) is 5.36. The van der Waals surface area contributed by atoms with Crippen LogP contribution in [-0.4, -0.2) is 43.5 Å². The molecule has 2 heterocycles. The Bertz CT molecular complexity index is 539. The van der Waals surface area contributed by atoms with Gasteiger partial charge in [-0.05, 0) is 56.8 Å². The van der Waals surface area contributed by atoms with E-state index in [4.69, 9.17) is 0 Å². The lowest BCUT2D eigenvalue weighted by Crippen LogP contribution is -2.42. The second-order valence-electron chi connectivity index (χ2n) is 7.11. The van der Waals surface area contributed by atoms with Crippen LogP contribution in [0.3, 0.4) is 0 Å². The second-order valence-corrected chi connectivity index (χ2v) is 7.11. The van der Waals surface area contributed by atoms with Gasteiger partial charge in [0.2, 0.25) is 5.91 Å². The van der Waals surface area contributed by atoms with Crippen LogP contribution < -0.4 is 10.2 Å². The summed E-state index contributed by atoms with van der Waals surface area (Å²) in [6, 6.07) is 8.71. The van der Waals surface area contributed by atoms with Gasteiger partial charge >= 0.3 is 0 Å². The first-order valence-corrected chi connectivity index (χ1v) is 8.94. The Balaban J connectivity index is 1.65. The molecule has 1 saturated heterocycles. The quantitative estimate of drug-likeness (QED) is 0.931. The molecule has 4 heteroatoms. The molecule has 1 unspecified atom stereocenters. The van der Waals surface area contributed by atoms with Crippen LogP contribution in [0.25, 0.3) is 0 Å². The SMILES string of the molecule is CC1CN(C)c2ccccc2CN1C(=O)CCC1CCNCC1. The minimum atomic E-state index is 0.257. The molecule has 0 saturated carbocycles. The van der Waals surface area contributed by atoms with E-state index in [9.17, 15) is 4.79 Å². The van der Waals surface area contributed by atoms with E-state index >= 15 is 0 Å². The number of piperidine rings is 1. The number of carbonyl (C=O) groups excluding carboxylic acids is 1. The van der Waals surface area contributed by atoms with Crippen molar-refractivity contribution < 1.29 is 4.79 Å². The number of carbonyl (C=O) groups is 1. The molecule has 23 heavy (non-hydrogen) atoms. The lowest BCUT2D eigenvalue weighted by Gasteiger charge is -2.29. The van der Waals surface area contributed by atoms with Gasteiger partial charge in [-0.25, -0.2) is 0 Å². The molecule has 0 aliphatic carbocycles. The molecule has 3 rings (SSSR count). The van der Waals surface area contributed by atoms with Crippen molar-refractivity contribution in [2.45, 2.75) is 45.2 Å². The normalized spacial score (nSPS) is 22.6. The van der Waals surface area contributed by atoms with E-state index in [-0.39, 0.29) is 6.04 Å². The highest BCUT2D eigenvalue weighted by Gasteiger charge is 2.27. The van der Waals surface area contributed by atoms with Crippen LogP contribution in [0.15, 0.2) is 24.3 Å². The average Bonchev–Trinajstić information content (AvgIpc) is 2.70. The van der Waals surface area contributed by atoms with Crippen LogP contribution >= 0.6 is 0 Å². The Labute approximate surface area is 139 Å². The first-order chi connectivity index (χ1) is 11.1. The number of fused-ring (bicyclic) bond motifs is 1. The third-order valence-corrected chi connectivity index (χ3v) is 5.36. The number of likely N-dealkylation sites (N-methyl/N-ethyl adjacent to an activating group) is 1. The standard InChI is InChI=1S/C19H29N3O/c1-15-13-21(2)18-6-4-3-5-17(18)14-22(15)19(23)8-7-16-9-11-20-12-10-16/h3-6,15-16,20H,7-14H2,1-2H3. The average molecular weight is 315 g/mol. The van der Waals surface area contributed by atoms with Crippen LogP contribution in [0.2, 0.25) is 0 Å². The summed E-state index contributed by atoms with van der Waals surface area (Å²) in [5.74, 6) is 1.04. The number of anilines is 1. The Morgan fingerprint density at radius 3 is 2.78 bits per heavy atom. The summed E-state index contributed by atoms with van der Waals surface area (Å²) in [5, 5.41) is 3.40. The highest BCUT2D eigenvalue weighted by molar-refractivity contribution is 5.77. The molecule has 2 aliphatic rings. The Hall–Kier alpha value is -1.55. The second kappa shape index (κ2) is 7.35. The van der Waals surface area contributed by atoms with Gasteiger partial charge in [-0.2, -0.15) is 0 Å². The predicted octanol–water partition coefficient (Wildman–Crippen LogP) is 2.63.